The smallest absolute Gasteiger partial charge is 0.0581 e. The summed E-state index contributed by atoms with van der Waals surface area (Å²) in [5.41, 5.74) is 0. The first-order valence-corrected chi connectivity index (χ1v) is 2.58. The van der Waals surface area contributed by atoms with Gasteiger partial charge < -0.3 is 14.8 Å². The maximum absolute atomic E-state index is 9.82. The average Bonchev–Trinajstić information content (AvgIpc) is 1.83. The minimum Gasteiger partial charge on any atom is -0.520 e. The molecule has 0 unspecified atom stereocenters. The maximum atomic E-state index is 9.82. The molecular weight excluding hydrogens is 373 g/mol. The molecule has 4 heteroatoms. The second-order valence-corrected chi connectivity index (χ2v) is 1.39. The fourth-order valence-electron chi connectivity index (χ4n) is 0.389. The summed E-state index contributed by atoms with van der Waals surface area (Å²) in [6, 6.07) is 0. The summed E-state index contributed by atoms with van der Waals surface area (Å²) in [7, 11) is 0. The first-order valence-electron chi connectivity index (χ1n) is 2.58. The van der Waals surface area contributed by atoms with Gasteiger partial charge in [-0.3, -0.25) is 0 Å². The second kappa shape index (κ2) is 6.43. The van der Waals surface area contributed by atoms with Crippen molar-refractivity contribution in [3.63, 3.8) is 0 Å². The van der Waals surface area contributed by atoms with Crippen LogP contribution in [0.2, 0.25) is 0 Å². The van der Waals surface area contributed by atoms with E-state index >= 15 is 0 Å². The molecule has 0 spiro atoms. The Bertz CT molecular complexity index is 70.0. The van der Waals surface area contributed by atoms with Gasteiger partial charge in [-0.2, -0.15) is 6.41 Å². The molecule has 0 atom stereocenters. The molecule has 0 heterocycles. The summed E-state index contributed by atoms with van der Waals surface area (Å²) in [5, 5.41) is 8.28. The molecule has 1 N–H and O–H groups in total. The number of likely N-dealkylation sites (N-methyl/N-ethyl adjacent to an activating group) is 1. The number of rotatable bonds is 4. The minimum absolute atomic E-state index is 0. The van der Waals surface area contributed by atoms with Crippen molar-refractivity contribution in [3.8, 4) is 0 Å². The Kier molecular flexibility index (Phi) is 7.44. The molecule has 3 nitrogen and oxygen atoms in total. The summed E-state index contributed by atoms with van der Waals surface area (Å²) in [5.74, 6) is 0. The van der Waals surface area contributed by atoms with Gasteiger partial charge in [0.05, 0.1) is 6.61 Å². The zero-order valence-electron chi connectivity index (χ0n) is 5.63. The largest absolute Gasteiger partial charge is 0.520 e. The summed E-state index contributed by atoms with van der Waals surface area (Å²) < 4.78 is 0. The van der Waals surface area contributed by atoms with Gasteiger partial charge in [-0.1, -0.05) is 6.92 Å². The van der Waals surface area contributed by atoms with E-state index in [4.69, 9.17) is 5.11 Å². The molecule has 0 aromatic carbocycles. The fraction of sp³-hybridized carbons (Fsp3) is 0.800. The van der Waals surface area contributed by atoms with Crippen LogP contribution < -0.4 is 0 Å². The van der Waals surface area contributed by atoms with E-state index in [1.165, 1.54) is 4.90 Å². The molecule has 0 saturated carbocycles. The predicted octanol–water partition coefficient (Wildman–Crippen LogP) is -0.632. The predicted molar refractivity (Wildman–Crippen MR) is 30.0 cm³/mol. The molecule has 1 amide bonds. The van der Waals surface area contributed by atoms with Gasteiger partial charge in [0.2, 0.25) is 0 Å². The molecule has 9 heavy (non-hydrogen) atoms. The van der Waals surface area contributed by atoms with E-state index in [0.29, 0.717) is 13.1 Å². The van der Waals surface area contributed by atoms with Gasteiger partial charge >= 0.3 is 0 Å². The van der Waals surface area contributed by atoms with Crippen LogP contribution in [-0.4, -0.2) is 36.1 Å². The molecule has 0 aromatic heterocycles. The van der Waals surface area contributed by atoms with Crippen molar-refractivity contribution >= 4 is 6.41 Å². The average molecular weight is 383 g/mol. The van der Waals surface area contributed by atoms with Crippen molar-refractivity contribution < 1.29 is 9.90 Å². The Labute approximate surface area is 48.9 Å². The molecule has 0 saturated heterocycles. The van der Waals surface area contributed by atoms with Gasteiger partial charge in [-0.05, 0) is 6.54 Å². The SMILES string of the molecule is CCN([C-]=O)CCO.[Rf]. The van der Waals surface area contributed by atoms with E-state index in [1.807, 2.05) is 6.92 Å². The fourth-order valence-corrected chi connectivity index (χ4v) is 0.389. The minimum atomic E-state index is 0. The van der Waals surface area contributed by atoms with E-state index in [2.05, 4.69) is 0 Å². The number of aliphatic hydroxyl groups excluding tert-OH is 1. The summed E-state index contributed by atoms with van der Waals surface area (Å²) in [4.78, 5) is 11.2. The molecule has 0 bridgehead atoms. The van der Waals surface area contributed by atoms with Crippen LogP contribution in [0.4, 0.5) is 0 Å². The van der Waals surface area contributed by atoms with E-state index in [9.17, 15) is 4.79 Å². The van der Waals surface area contributed by atoms with Gasteiger partial charge in [0, 0.05) is 6.54 Å². The molecular formula is C5H10NO2Rf-. The number of nitrogens with zero attached hydrogens (tertiary/aromatic N) is 1. The van der Waals surface area contributed by atoms with Gasteiger partial charge in [-0.25, -0.2) is 0 Å². The van der Waals surface area contributed by atoms with Crippen LogP contribution >= 0.6 is 0 Å². The molecule has 0 aliphatic rings. The Hall–Kier alpha value is -1.57. The van der Waals surface area contributed by atoms with E-state index < -0.39 is 0 Å². The molecule has 0 aliphatic carbocycles. The zero-order chi connectivity index (χ0) is 6.41. The Morgan fingerprint density at radius 3 is 2.33 bits per heavy atom. The number of hydrogen-bond donors (Lipinski definition) is 1. The van der Waals surface area contributed by atoms with Crippen LogP contribution in [0.3, 0.4) is 0 Å². The van der Waals surface area contributed by atoms with Crippen LogP contribution in [0.1, 0.15) is 6.92 Å². The number of carbonyl (C=O) groups excluding carboxylic acids is 1. The standard InChI is InChI=1S/C5H10NO2.Rf/c1-2-6(5-8)3-4-7;/h7H,2-4H2,1H3;/q-1;. The van der Waals surface area contributed by atoms with Gasteiger partial charge in [0.1, 0.15) is 0 Å². The third kappa shape index (κ3) is 4.28. The summed E-state index contributed by atoms with van der Waals surface area (Å²) >= 11 is 0. The van der Waals surface area contributed by atoms with Crippen molar-refractivity contribution in [2.24, 2.45) is 0 Å². The number of amides is 1. The molecule has 0 rings (SSSR count). The third-order valence-electron chi connectivity index (χ3n) is 0.881. The van der Waals surface area contributed by atoms with Crippen molar-refractivity contribution in [2.45, 2.75) is 6.92 Å². The molecule has 0 fully saturated rings. The van der Waals surface area contributed by atoms with Gasteiger partial charge in [-0.15, -0.1) is 0 Å². The van der Waals surface area contributed by atoms with Crippen LogP contribution in [0.25, 0.3) is 0 Å². The second-order valence-electron chi connectivity index (χ2n) is 1.39. The molecule has 50 valence electrons. The molecule has 0 aromatic rings. The first kappa shape index (κ1) is 10.4. The normalized spacial score (nSPS) is 7.78. The Morgan fingerprint density at radius 2 is 2.22 bits per heavy atom. The van der Waals surface area contributed by atoms with E-state index in [1.54, 1.807) is 6.41 Å². The van der Waals surface area contributed by atoms with Crippen molar-refractivity contribution in [1.29, 1.82) is 0 Å². The van der Waals surface area contributed by atoms with Crippen molar-refractivity contribution in [1.82, 2.24) is 4.90 Å². The topological polar surface area (TPSA) is 40.5 Å². The number of aliphatic hydroxyl groups is 1. The first-order chi connectivity index (χ1) is 3.85. The third-order valence-corrected chi connectivity index (χ3v) is 0.881. The van der Waals surface area contributed by atoms with Gasteiger partial charge in [0.15, 0.2) is 0 Å². The van der Waals surface area contributed by atoms with Crippen LogP contribution in [0.5, 0.6) is 0 Å². The molecule has 0 aliphatic heterocycles. The van der Waals surface area contributed by atoms with E-state index in [0.717, 1.165) is 0 Å². The molecule has 0 radical (unpaired) electrons. The van der Waals surface area contributed by atoms with Crippen LogP contribution in [0.15, 0.2) is 0 Å². The maximum Gasteiger partial charge on any atom is 0.0581 e. The number of hydrogen-bond acceptors (Lipinski definition) is 2. The zero-order valence-corrected chi connectivity index (χ0v) is 12.0. The van der Waals surface area contributed by atoms with Crippen molar-refractivity contribution in [2.75, 3.05) is 19.7 Å². The summed E-state index contributed by atoms with van der Waals surface area (Å²) in [6.45, 7) is 2.85. The van der Waals surface area contributed by atoms with E-state index in [-0.39, 0.29) is 6.61 Å². The van der Waals surface area contributed by atoms with Crippen LogP contribution in [-0.2, 0) is 4.79 Å². The van der Waals surface area contributed by atoms with Crippen molar-refractivity contribution in [3.05, 3.63) is 0 Å². The van der Waals surface area contributed by atoms with Crippen LogP contribution in [0, 0.1) is 0 Å². The Balaban J connectivity index is 0. The summed E-state index contributed by atoms with van der Waals surface area (Å²) in [6.07, 6.45) is 1.68. The monoisotopic (exact) mass is 383 g/mol. The van der Waals surface area contributed by atoms with Gasteiger partial charge in [0.25, 0.3) is 0 Å². The Morgan fingerprint density at radius 1 is 1.67 bits per heavy atom. The quantitative estimate of drug-likeness (QED) is 0.519.